The number of rotatable bonds is 7. The molecule has 0 saturated carbocycles. The van der Waals surface area contributed by atoms with Crippen LogP contribution < -0.4 is 29.3 Å². The van der Waals surface area contributed by atoms with Crippen LogP contribution in [-0.2, 0) is 9.53 Å². The van der Waals surface area contributed by atoms with Crippen molar-refractivity contribution in [2.75, 3.05) is 39.8 Å². The van der Waals surface area contributed by atoms with Crippen molar-refractivity contribution in [3.05, 3.63) is 84.5 Å². The van der Waals surface area contributed by atoms with E-state index in [1.165, 1.54) is 11.3 Å². The minimum atomic E-state index is -0.724. The first-order valence-electron chi connectivity index (χ1n) is 11.5. The Kier molecular flexibility index (Phi) is 7.30. The molecule has 2 heterocycles. The minimum Gasteiger partial charge on any atom is -0.493 e. The molecule has 8 nitrogen and oxygen atoms in total. The summed E-state index contributed by atoms with van der Waals surface area (Å²) in [5, 5.41) is 0. The maximum absolute atomic E-state index is 13.7. The van der Waals surface area contributed by atoms with Crippen molar-refractivity contribution in [1.29, 1.82) is 0 Å². The fourth-order valence-electron chi connectivity index (χ4n) is 4.15. The summed E-state index contributed by atoms with van der Waals surface area (Å²) in [4.78, 5) is 33.9. The number of nitrogens with zero attached hydrogens (tertiary/aromatic N) is 3. The number of ether oxygens (including phenoxy) is 3. The van der Waals surface area contributed by atoms with Crippen LogP contribution in [0, 0.1) is 0 Å². The van der Waals surface area contributed by atoms with Crippen LogP contribution in [0.4, 0.5) is 5.69 Å². The number of carbonyl (C=O) groups is 1. The third kappa shape index (κ3) is 4.66. The van der Waals surface area contributed by atoms with Gasteiger partial charge in [0.05, 0.1) is 42.7 Å². The van der Waals surface area contributed by atoms with Gasteiger partial charge >= 0.3 is 5.97 Å². The average molecular weight is 508 g/mol. The molecule has 2 aromatic carbocycles. The van der Waals surface area contributed by atoms with Crippen LogP contribution >= 0.6 is 11.3 Å². The highest BCUT2D eigenvalue weighted by atomic mass is 32.1. The van der Waals surface area contributed by atoms with Gasteiger partial charge in [0, 0.05) is 19.8 Å². The molecule has 9 heteroatoms. The van der Waals surface area contributed by atoms with Gasteiger partial charge in [0.2, 0.25) is 0 Å². The molecular formula is C27H29N3O5S. The molecule has 0 amide bonds. The Labute approximate surface area is 213 Å². The van der Waals surface area contributed by atoms with Crippen molar-refractivity contribution in [2.24, 2.45) is 4.99 Å². The number of hydrogen-bond donors (Lipinski definition) is 0. The van der Waals surface area contributed by atoms with Gasteiger partial charge in [-0.15, -0.1) is 0 Å². The van der Waals surface area contributed by atoms with Gasteiger partial charge in [-0.3, -0.25) is 9.36 Å². The summed E-state index contributed by atoms with van der Waals surface area (Å²) in [6.07, 6.45) is 1.85. The van der Waals surface area contributed by atoms with Gasteiger partial charge < -0.3 is 19.1 Å². The van der Waals surface area contributed by atoms with Crippen LogP contribution in [0.1, 0.15) is 31.0 Å². The predicted molar refractivity (Wildman–Crippen MR) is 141 cm³/mol. The predicted octanol–water partition coefficient (Wildman–Crippen LogP) is 2.88. The highest BCUT2D eigenvalue weighted by Gasteiger charge is 2.33. The molecule has 0 saturated heterocycles. The lowest BCUT2D eigenvalue weighted by molar-refractivity contribution is -0.139. The van der Waals surface area contributed by atoms with E-state index < -0.39 is 12.0 Å². The molecule has 1 aliphatic rings. The van der Waals surface area contributed by atoms with Gasteiger partial charge in [-0.05, 0) is 55.3 Å². The largest absolute Gasteiger partial charge is 0.493 e. The van der Waals surface area contributed by atoms with E-state index in [1.54, 1.807) is 44.8 Å². The quantitative estimate of drug-likeness (QED) is 0.458. The number of carbonyl (C=O) groups excluding carboxylic acids is 1. The Morgan fingerprint density at radius 3 is 2.42 bits per heavy atom. The number of methoxy groups -OCH3 is 2. The zero-order chi connectivity index (χ0) is 26.0. The lowest BCUT2D eigenvalue weighted by Crippen LogP contribution is -2.39. The maximum atomic E-state index is 13.7. The van der Waals surface area contributed by atoms with Crippen molar-refractivity contribution >= 4 is 29.1 Å². The van der Waals surface area contributed by atoms with E-state index in [0.717, 1.165) is 11.3 Å². The Morgan fingerprint density at radius 2 is 1.81 bits per heavy atom. The van der Waals surface area contributed by atoms with Crippen molar-refractivity contribution in [2.45, 2.75) is 19.9 Å². The number of allylic oxidation sites excluding steroid dienone is 1. The van der Waals surface area contributed by atoms with E-state index in [0.29, 0.717) is 37.7 Å². The standard InChI is InChI=1S/C27H29N3O5S/c1-7-35-26(32)23-16(2)28-27-30(24(23)18-10-13-20(33-5)21(15-18)34-6)25(31)22(36-27)14-17-8-11-19(12-9-17)29(3)4/h8-15,24H,7H2,1-6H3/b22-14+/t24-/m1/s1. The molecule has 0 unspecified atom stereocenters. The Bertz CT molecular complexity index is 1500. The smallest absolute Gasteiger partial charge is 0.338 e. The van der Waals surface area contributed by atoms with Crippen LogP contribution in [-0.4, -0.2) is 45.5 Å². The van der Waals surface area contributed by atoms with Crippen LogP contribution in [0.5, 0.6) is 11.5 Å². The number of esters is 1. The van der Waals surface area contributed by atoms with E-state index in [1.807, 2.05) is 55.4 Å². The first-order chi connectivity index (χ1) is 17.3. The SMILES string of the molecule is CCOC(=O)C1=C(C)N=c2s/c(=C/c3ccc(N(C)C)cc3)c(=O)n2[C@@H]1c1ccc(OC)c(OC)c1. The van der Waals surface area contributed by atoms with Gasteiger partial charge in [0.1, 0.15) is 0 Å². The number of fused-ring (bicyclic) bond motifs is 1. The Balaban J connectivity index is 1.92. The molecule has 0 N–H and O–H groups in total. The number of aromatic nitrogens is 1. The van der Waals surface area contributed by atoms with Crippen molar-refractivity contribution in [1.82, 2.24) is 4.57 Å². The highest BCUT2D eigenvalue weighted by Crippen LogP contribution is 2.36. The number of anilines is 1. The molecule has 4 rings (SSSR count). The van der Waals surface area contributed by atoms with Crippen molar-refractivity contribution in [3.8, 4) is 11.5 Å². The molecule has 1 aromatic heterocycles. The molecule has 3 aromatic rings. The third-order valence-corrected chi connectivity index (χ3v) is 6.93. The zero-order valence-electron chi connectivity index (χ0n) is 21.2. The van der Waals surface area contributed by atoms with Crippen molar-refractivity contribution < 1.29 is 19.0 Å². The van der Waals surface area contributed by atoms with Gasteiger partial charge in [0.25, 0.3) is 5.56 Å². The molecule has 0 fully saturated rings. The zero-order valence-corrected chi connectivity index (χ0v) is 22.0. The first kappa shape index (κ1) is 25.2. The lowest BCUT2D eigenvalue weighted by Gasteiger charge is -2.25. The van der Waals surface area contributed by atoms with E-state index in [9.17, 15) is 9.59 Å². The summed E-state index contributed by atoms with van der Waals surface area (Å²) in [5.41, 5.74) is 3.25. The van der Waals surface area contributed by atoms with E-state index in [2.05, 4.69) is 4.99 Å². The summed E-state index contributed by atoms with van der Waals surface area (Å²) in [7, 11) is 7.05. The maximum Gasteiger partial charge on any atom is 0.338 e. The number of hydrogen-bond acceptors (Lipinski definition) is 8. The molecular weight excluding hydrogens is 478 g/mol. The summed E-state index contributed by atoms with van der Waals surface area (Å²) < 4.78 is 18.3. The Hall–Kier alpha value is -3.85. The first-order valence-corrected chi connectivity index (χ1v) is 12.3. The molecule has 1 atom stereocenters. The van der Waals surface area contributed by atoms with E-state index in [-0.39, 0.29) is 12.2 Å². The third-order valence-electron chi connectivity index (χ3n) is 5.95. The van der Waals surface area contributed by atoms with E-state index in [4.69, 9.17) is 14.2 Å². The molecule has 36 heavy (non-hydrogen) atoms. The molecule has 0 radical (unpaired) electrons. The monoisotopic (exact) mass is 507 g/mol. The molecule has 0 aliphatic carbocycles. The number of thiazole rings is 1. The van der Waals surface area contributed by atoms with Gasteiger partial charge in [-0.1, -0.05) is 29.5 Å². The number of benzene rings is 2. The summed E-state index contributed by atoms with van der Waals surface area (Å²) in [6.45, 7) is 3.72. The summed E-state index contributed by atoms with van der Waals surface area (Å²) >= 11 is 1.29. The summed E-state index contributed by atoms with van der Waals surface area (Å²) in [6, 6.07) is 12.6. The van der Waals surface area contributed by atoms with Crippen LogP contribution in [0.2, 0.25) is 0 Å². The Morgan fingerprint density at radius 1 is 1.11 bits per heavy atom. The molecule has 188 valence electrons. The molecule has 0 bridgehead atoms. The van der Waals surface area contributed by atoms with Gasteiger partial charge in [-0.25, -0.2) is 9.79 Å². The topological polar surface area (TPSA) is 82.4 Å². The fourth-order valence-corrected chi connectivity index (χ4v) is 5.20. The van der Waals surface area contributed by atoms with Gasteiger partial charge in [0.15, 0.2) is 16.3 Å². The van der Waals surface area contributed by atoms with Crippen LogP contribution in [0.3, 0.4) is 0 Å². The fraction of sp³-hybridized carbons (Fsp3) is 0.296. The molecule has 0 spiro atoms. The normalized spacial score (nSPS) is 15.3. The van der Waals surface area contributed by atoms with Crippen LogP contribution in [0.25, 0.3) is 6.08 Å². The highest BCUT2D eigenvalue weighted by molar-refractivity contribution is 7.07. The lowest BCUT2D eigenvalue weighted by atomic mass is 9.95. The average Bonchev–Trinajstić information content (AvgIpc) is 3.17. The summed E-state index contributed by atoms with van der Waals surface area (Å²) in [5.74, 6) is 0.538. The minimum absolute atomic E-state index is 0.210. The van der Waals surface area contributed by atoms with Crippen molar-refractivity contribution in [3.63, 3.8) is 0 Å². The van der Waals surface area contributed by atoms with E-state index >= 15 is 0 Å². The van der Waals surface area contributed by atoms with Crippen LogP contribution in [0.15, 0.2) is 63.5 Å². The van der Waals surface area contributed by atoms with Gasteiger partial charge in [-0.2, -0.15) is 0 Å². The second kappa shape index (κ2) is 10.4. The molecule has 1 aliphatic heterocycles. The second-order valence-corrected chi connectivity index (χ2v) is 9.41. The second-order valence-electron chi connectivity index (χ2n) is 8.40.